The molecule has 0 radical (unpaired) electrons. The first-order chi connectivity index (χ1) is 7.91. The number of halogens is 1. The van der Waals surface area contributed by atoms with E-state index in [1.54, 1.807) is 20.8 Å². The summed E-state index contributed by atoms with van der Waals surface area (Å²) >= 11 is 3.22. The van der Waals surface area contributed by atoms with Crippen LogP contribution in [-0.2, 0) is 19.1 Å². The Morgan fingerprint density at radius 3 is 1.83 bits per heavy atom. The Balaban J connectivity index is 4.07. The van der Waals surface area contributed by atoms with Crippen molar-refractivity contribution in [3.05, 3.63) is 0 Å². The van der Waals surface area contributed by atoms with Crippen molar-refractivity contribution in [1.29, 1.82) is 0 Å². The lowest BCUT2D eigenvalue weighted by Gasteiger charge is -2.22. The van der Waals surface area contributed by atoms with Gasteiger partial charge in [-0.1, -0.05) is 15.9 Å². The van der Waals surface area contributed by atoms with E-state index < -0.39 is 16.0 Å². The summed E-state index contributed by atoms with van der Waals surface area (Å²) in [6, 6.07) is 0. The minimum Gasteiger partial charge on any atom is -0.460 e. The third kappa shape index (κ3) is 9.45. The Hall–Kier alpha value is -0.580. The minimum absolute atomic E-state index is 0.187. The van der Waals surface area contributed by atoms with Crippen molar-refractivity contribution < 1.29 is 19.1 Å². The molecule has 0 saturated heterocycles. The van der Waals surface area contributed by atoms with E-state index in [4.69, 9.17) is 9.47 Å². The van der Waals surface area contributed by atoms with Gasteiger partial charge >= 0.3 is 11.9 Å². The van der Waals surface area contributed by atoms with Crippen LogP contribution in [0.5, 0.6) is 0 Å². The van der Waals surface area contributed by atoms with E-state index in [0.717, 1.165) is 0 Å². The molecule has 0 aliphatic rings. The summed E-state index contributed by atoms with van der Waals surface area (Å²) < 4.78 is 10.4. The van der Waals surface area contributed by atoms with Crippen molar-refractivity contribution in [1.82, 2.24) is 0 Å². The monoisotopic (exact) mass is 322 g/mol. The average molecular weight is 323 g/mol. The van der Waals surface area contributed by atoms with E-state index >= 15 is 0 Å². The van der Waals surface area contributed by atoms with Gasteiger partial charge < -0.3 is 9.47 Å². The Kier molecular flexibility index (Phi) is 6.34. The molecule has 0 unspecified atom stereocenters. The van der Waals surface area contributed by atoms with E-state index in [9.17, 15) is 9.59 Å². The Bertz CT molecular complexity index is 299. The summed E-state index contributed by atoms with van der Waals surface area (Å²) in [5.41, 5.74) is -1.01. The number of hydrogen-bond donors (Lipinski definition) is 0. The molecule has 0 aromatic carbocycles. The van der Waals surface area contributed by atoms with Crippen molar-refractivity contribution in [2.75, 3.05) is 0 Å². The molecule has 18 heavy (non-hydrogen) atoms. The van der Waals surface area contributed by atoms with E-state index in [2.05, 4.69) is 15.9 Å². The second kappa shape index (κ2) is 6.55. The number of alkyl halides is 1. The lowest BCUT2D eigenvalue weighted by molar-refractivity contribution is -0.156. The maximum absolute atomic E-state index is 11.6. The normalized spacial score (nSPS) is 13.9. The molecule has 0 amide bonds. The van der Waals surface area contributed by atoms with E-state index in [-0.39, 0.29) is 18.4 Å². The number of hydrogen-bond acceptors (Lipinski definition) is 4. The van der Waals surface area contributed by atoms with E-state index in [1.165, 1.54) is 0 Å². The second-order valence-corrected chi connectivity index (χ2v) is 7.23. The molecule has 0 heterocycles. The highest BCUT2D eigenvalue weighted by atomic mass is 79.9. The van der Waals surface area contributed by atoms with Crippen LogP contribution >= 0.6 is 15.9 Å². The van der Waals surface area contributed by atoms with Crippen LogP contribution in [0.4, 0.5) is 0 Å². The molecule has 0 aliphatic heterocycles. The van der Waals surface area contributed by atoms with Crippen molar-refractivity contribution in [2.45, 2.75) is 70.4 Å². The first-order valence-electron chi connectivity index (χ1n) is 5.99. The first-order valence-corrected chi connectivity index (χ1v) is 6.91. The predicted octanol–water partition coefficient (Wildman–Crippen LogP) is 3.21. The zero-order chi connectivity index (χ0) is 14.6. The lowest BCUT2D eigenvalue weighted by Crippen LogP contribution is -2.30. The topological polar surface area (TPSA) is 52.6 Å². The molecule has 0 bridgehead atoms. The number of rotatable bonds is 4. The largest absolute Gasteiger partial charge is 0.460 e. The van der Waals surface area contributed by atoms with Gasteiger partial charge in [0.1, 0.15) is 16.0 Å². The Morgan fingerprint density at radius 1 is 1.00 bits per heavy atom. The van der Waals surface area contributed by atoms with E-state index in [0.29, 0.717) is 6.42 Å². The fourth-order valence-electron chi connectivity index (χ4n) is 1.12. The molecular weight excluding hydrogens is 300 g/mol. The molecule has 0 saturated carbocycles. The van der Waals surface area contributed by atoms with Crippen LogP contribution < -0.4 is 0 Å². The molecule has 0 fully saturated rings. The average Bonchev–Trinajstić information content (AvgIpc) is 2.08. The molecule has 0 aliphatic carbocycles. The summed E-state index contributed by atoms with van der Waals surface area (Å²) in [4.78, 5) is 22.6. The molecule has 1 atom stereocenters. The molecule has 0 aromatic rings. The van der Waals surface area contributed by atoms with Crippen molar-refractivity contribution in [2.24, 2.45) is 0 Å². The van der Waals surface area contributed by atoms with Crippen LogP contribution in [0, 0.1) is 0 Å². The van der Waals surface area contributed by atoms with Crippen LogP contribution in [0.25, 0.3) is 0 Å². The van der Waals surface area contributed by atoms with Gasteiger partial charge in [-0.15, -0.1) is 0 Å². The molecule has 5 heteroatoms. The molecule has 0 N–H and O–H groups in total. The SMILES string of the molecule is CC(C)(C)OC(=O)CC[C@@H](Br)C(=O)OC(C)(C)C. The zero-order valence-electron chi connectivity index (χ0n) is 12.0. The van der Waals surface area contributed by atoms with Crippen molar-refractivity contribution in [3.8, 4) is 0 Å². The fraction of sp³-hybridized carbons (Fsp3) is 0.846. The van der Waals surface area contributed by atoms with Gasteiger partial charge in [0.25, 0.3) is 0 Å². The third-order valence-electron chi connectivity index (χ3n) is 1.68. The summed E-state index contributed by atoms with van der Waals surface area (Å²) in [5.74, 6) is -0.665. The van der Waals surface area contributed by atoms with Crippen LogP contribution in [0.3, 0.4) is 0 Å². The number of carbonyl (C=O) groups excluding carboxylic acids is 2. The van der Waals surface area contributed by atoms with Crippen LogP contribution in [0.2, 0.25) is 0 Å². The van der Waals surface area contributed by atoms with E-state index in [1.807, 2.05) is 20.8 Å². The lowest BCUT2D eigenvalue weighted by atomic mass is 10.1. The number of esters is 2. The van der Waals surface area contributed by atoms with Gasteiger partial charge in [-0.05, 0) is 48.0 Å². The molecule has 0 rings (SSSR count). The summed E-state index contributed by atoms with van der Waals surface area (Å²) in [7, 11) is 0. The van der Waals surface area contributed by atoms with Gasteiger partial charge in [0, 0.05) is 6.42 Å². The maximum Gasteiger partial charge on any atom is 0.320 e. The van der Waals surface area contributed by atoms with Crippen molar-refractivity contribution >= 4 is 27.9 Å². The van der Waals surface area contributed by atoms with Gasteiger partial charge in [-0.2, -0.15) is 0 Å². The smallest absolute Gasteiger partial charge is 0.320 e. The highest BCUT2D eigenvalue weighted by Crippen LogP contribution is 2.17. The minimum atomic E-state index is -0.519. The summed E-state index contributed by atoms with van der Waals surface area (Å²) in [5, 5.41) is 0. The summed E-state index contributed by atoms with van der Waals surface area (Å²) in [6.07, 6.45) is 0.552. The molecule has 106 valence electrons. The molecular formula is C13H23BrO4. The second-order valence-electron chi connectivity index (χ2n) is 6.13. The van der Waals surface area contributed by atoms with Gasteiger partial charge in [-0.3, -0.25) is 9.59 Å². The summed E-state index contributed by atoms with van der Waals surface area (Å²) in [6.45, 7) is 10.8. The van der Waals surface area contributed by atoms with Crippen LogP contribution in [0.1, 0.15) is 54.4 Å². The first kappa shape index (κ1) is 17.4. The number of ether oxygens (including phenoxy) is 2. The van der Waals surface area contributed by atoms with Crippen LogP contribution in [-0.4, -0.2) is 28.0 Å². The third-order valence-corrected chi connectivity index (χ3v) is 2.52. The predicted molar refractivity (Wildman–Crippen MR) is 73.6 cm³/mol. The van der Waals surface area contributed by atoms with Gasteiger partial charge in [0.15, 0.2) is 0 Å². The zero-order valence-corrected chi connectivity index (χ0v) is 13.6. The van der Waals surface area contributed by atoms with Crippen LogP contribution in [0.15, 0.2) is 0 Å². The molecule has 4 nitrogen and oxygen atoms in total. The standard InChI is InChI=1S/C13H23BrO4/c1-12(2,3)17-10(15)8-7-9(14)11(16)18-13(4,5)6/h9H,7-8H2,1-6H3/t9-/m1/s1. The van der Waals surface area contributed by atoms with Gasteiger partial charge in [0.05, 0.1) is 0 Å². The highest BCUT2D eigenvalue weighted by molar-refractivity contribution is 9.10. The van der Waals surface area contributed by atoms with Crippen molar-refractivity contribution in [3.63, 3.8) is 0 Å². The Morgan fingerprint density at radius 2 is 1.44 bits per heavy atom. The molecule has 0 spiro atoms. The highest BCUT2D eigenvalue weighted by Gasteiger charge is 2.24. The van der Waals surface area contributed by atoms with Gasteiger partial charge in [0.2, 0.25) is 0 Å². The maximum atomic E-state index is 11.6. The van der Waals surface area contributed by atoms with Gasteiger partial charge in [-0.25, -0.2) is 0 Å². The Labute approximate surface area is 118 Å². The molecule has 0 aromatic heterocycles. The number of carbonyl (C=O) groups is 2. The fourth-order valence-corrected chi connectivity index (χ4v) is 1.44. The quantitative estimate of drug-likeness (QED) is 0.589.